The highest BCUT2D eigenvalue weighted by Crippen LogP contribution is 2.17. The lowest BCUT2D eigenvalue weighted by Crippen LogP contribution is -2.57. The lowest BCUT2D eigenvalue weighted by atomic mass is 10.1. The van der Waals surface area contributed by atoms with Crippen LogP contribution in [0.15, 0.2) is 41.5 Å². The van der Waals surface area contributed by atoms with E-state index in [1.54, 1.807) is 0 Å². The highest BCUT2D eigenvalue weighted by atomic mass is 127. The molecule has 2 saturated heterocycles. The van der Waals surface area contributed by atoms with Crippen molar-refractivity contribution in [2.75, 3.05) is 46.3 Å². The van der Waals surface area contributed by atoms with Gasteiger partial charge in [-0.25, -0.2) is 0 Å². The summed E-state index contributed by atoms with van der Waals surface area (Å²) in [5.41, 5.74) is 2.22. The van der Waals surface area contributed by atoms with Gasteiger partial charge < -0.3 is 15.1 Å². The zero-order valence-corrected chi connectivity index (χ0v) is 20.8. The number of aromatic nitrogens is 1. The van der Waals surface area contributed by atoms with Crippen LogP contribution in [-0.2, 0) is 11.3 Å². The standard InChI is InChI=1S/C23H32N6O.HI/c1-18(22(30)28-11-5-6-12-28)27-13-15-29(16-14-27)23(24-2)26-17-19-9-10-25-21-8-4-3-7-20(19)21;/h3-4,7-10,18H,5-6,11-17H2,1-2H3,(H,24,26);1H. The Labute approximate surface area is 201 Å². The van der Waals surface area contributed by atoms with Crippen molar-refractivity contribution in [3.8, 4) is 0 Å². The summed E-state index contributed by atoms with van der Waals surface area (Å²) in [6.45, 7) is 8.09. The predicted octanol–water partition coefficient (Wildman–Crippen LogP) is 2.56. The Morgan fingerprint density at radius 1 is 1.06 bits per heavy atom. The van der Waals surface area contributed by atoms with Gasteiger partial charge in [0, 0.05) is 64.4 Å². The number of amides is 1. The Balaban J connectivity index is 0.00000272. The highest BCUT2D eigenvalue weighted by Gasteiger charge is 2.30. The molecule has 2 fully saturated rings. The largest absolute Gasteiger partial charge is 0.352 e. The molecule has 1 aromatic heterocycles. The molecule has 2 aliphatic heterocycles. The SMILES string of the molecule is CN=C(NCc1ccnc2ccccc12)N1CCN(C(C)C(=O)N2CCCC2)CC1.I. The maximum atomic E-state index is 12.7. The first kappa shape index (κ1) is 23.7. The van der Waals surface area contributed by atoms with Gasteiger partial charge in [0.25, 0.3) is 0 Å². The first-order valence-corrected chi connectivity index (χ1v) is 11.0. The maximum absolute atomic E-state index is 12.7. The number of carbonyl (C=O) groups is 1. The van der Waals surface area contributed by atoms with Crippen molar-refractivity contribution in [1.82, 2.24) is 25.0 Å². The zero-order valence-electron chi connectivity index (χ0n) is 18.5. The van der Waals surface area contributed by atoms with E-state index in [2.05, 4.69) is 44.1 Å². The molecule has 1 aromatic carbocycles. The van der Waals surface area contributed by atoms with E-state index in [4.69, 9.17) is 0 Å². The Hall–Kier alpha value is -1.94. The molecule has 0 aliphatic carbocycles. The molecule has 31 heavy (non-hydrogen) atoms. The number of fused-ring (bicyclic) bond motifs is 1. The van der Waals surface area contributed by atoms with E-state index in [0.717, 1.165) is 63.6 Å². The second-order valence-electron chi connectivity index (χ2n) is 8.12. The number of rotatable bonds is 4. The number of likely N-dealkylation sites (tertiary alicyclic amines) is 1. The first-order valence-electron chi connectivity index (χ1n) is 11.0. The third-order valence-corrected chi connectivity index (χ3v) is 6.32. The molecule has 3 heterocycles. The first-order chi connectivity index (χ1) is 14.7. The van der Waals surface area contributed by atoms with Crippen LogP contribution in [0.4, 0.5) is 0 Å². The number of piperazine rings is 1. The molecule has 168 valence electrons. The number of aliphatic imine (C=N–C) groups is 1. The lowest BCUT2D eigenvalue weighted by Gasteiger charge is -2.39. The van der Waals surface area contributed by atoms with Crippen molar-refractivity contribution in [3.63, 3.8) is 0 Å². The minimum Gasteiger partial charge on any atom is -0.352 e. The van der Waals surface area contributed by atoms with Gasteiger partial charge >= 0.3 is 0 Å². The molecule has 2 aromatic rings. The maximum Gasteiger partial charge on any atom is 0.239 e. The van der Waals surface area contributed by atoms with Gasteiger partial charge in [-0.05, 0) is 37.5 Å². The summed E-state index contributed by atoms with van der Waals surface area (Å²) < 4.78 is 0. The highest BCUT2D eigenvalue weighted by molar-refractivity contribution is 14.0. The summed E-state index contributed by atoms with van der Waals surface area (Å²) in [4.78, 5) is 28.3. The smallest absolute Gasteiger partial charge is 0.239 e. The molecular formula is C23H33IN6O. The average molecular weight is 536 g/mol. The fourth-order valence-corrected chi connectivity index (χ4v) is 4.49. The topological polar surface area (TPSA) is 64.1 Å². The van der Waals surface area contributed by atoms with Gasteiger partial charge in [-0.15, -0.1) is 24.0 Å². The molecule has 7 nitrogen and oxygen atoms in total. The van der Waals surface area contributed by atoms with Gasteiger partial charge in [0.1, 0.15) is 0 Å². The van der Waals surface area contributed by atoms with Crippen molar-refractivity contribution in [2.45, 2.75) is 32.4 Å². The van der Waals surface area contributed by atoms with Gasteiger partial charge in [0.05, 0.1) is 11.6 Å². The fourth-order valence-electron chi connectivity index (χ4n) is 4.49. The number of halogens is 1. The number of hydrogen-bond acceptors (Lipinski definition) is 4. The molecule has 1 amide bonds. The van der Waals surface area contributed by atoms with Crippen molar-refractivity contribution in [3.05, 3.63) is 42.1 Å². The molecule has 1 N–H and O–H groups in total. The number of nitrogens with zero attached hydrogens (tertiary/aromatic N) is 5. The van der Waals surface area contributed by atoms with Crippen LogP contribution in [0.25, 0.3) is 10.9 Å². The van der Waals surface area contributed by atoms with Gasteiger partial charge in [-0.1, -0.05) is 18.2 Å². The van der Waals surface area contributed by atoms with Gasteiger partial charge in [-0.2, -0.15) is 0 Å². The van der Waals surface area contributed by atoms with Crippen LogP contribution >= 0.6 is 24.0 Å². The summed E-state index contributed by atoms with van der Waals surface area (Å²) in [5.74, 6) is 1.20. The number of benzene rings is 1. The third kappa shape index (κ3) is 5.46. The summed E-state index contributed by atoms with van der Waals surface area (Å²) in [6.07, 6.45) is 4.14. The Morgan fingerprint density at radius 3 is 2.48 bits per heavy atom. The summed E-state index contributed by atoms with van der Waals surface area (Å²) >= 11 is 0. The van der Waals surface area contributed by atoms with E-state index >= 15 is 0 Å². The van der Waals surface area contributed by atoms with E-state index in [1.807, 2.05) is 36.3 Å². The molecule has 1 atom stereocenters. The number of nitrogens with one attached hydrogen (secondary N) is 1. The van der Waals surface area contributed by atoms with Crippen molar-refractivity contribution in [2.24, 2.45) is 4.99 Å². The van der Waals surface area contributed by atoms with Crippen molar-refractivity contribution < 1.29 is 4.79 Å². The summed E-state index contributed by atoms with van der Waals surface area (Å²) in [5, 5.41) is 4.68. The Bertz CT molecular complexity index is 901. The average Bonchev–Trinajstić information content (AvgIpc) is 3.34. The number of hydrogen-bond donors (Lipinski definition) is 1. The molecule has 4 rings (SSSR count). The minimum atomic E-state index is -0.0385. The van der Waals surface area contributed by atoms with E-state index in [0.29, 0.717) is 6.54 Å². The van der Waals surface area contributed by atoms with Crippen molar-refractivity contribution >= 4 is 46.7 Å². The lowest BCUT2D eigenvalue weighted by molar-refractivity contribution is -0.135. The van der Waals surface area contributed by atoms with E-state index in [9.17, 15) is 4.79 Å². The van der Waals surface area contributed by atoms with Crippen LogP contribution in [-0.4, -0.2) is 83.9 Å². The third-order valence-electron chi connectivity index (χ3n) is 6.32. The monoisotopic (exact) mass is 536 g/mol. The minimum absolute atomic E-state index is 0. The molecule has 1 unspecified atom stereocenters. The van der Waals surface area contributed by atoms with Crippen LogP contribution in [0.2, 0.25) is 0 Å². The molecule has 0 spiro atoms. The Kier molecular flexibility index (Phi) is 8.48. The Morgan fingerprint density at radius 2 is 1.77 bits per heavy atom. The van der Waals surface area contributed by atoms with Crippen LogP contribution in [0, 0.1) is 0 Å². The molecular weight excluding hydrogens is 503 g/mol. The van der Waals surface area contributed by atoms with E-state index in [-0.39, 0.29) is 35.9 Å². The molecule has 0 radical (unpaired) electrons. The zero-order chi connectivity index (χ0) is 20.9. The summed E-state index contributed by atoms with van der Waals surface area (Å²) in [7, 11) is 1.83. The van der Waals surface area contributed by atoms with Crippen LogP contribution in [0.3, 0.4) is 0 Å². The molecule has 8 heteroatoms. The van der Waals surface area contributed by atoms with Crippen molar-refractivity contribution in [1.29, 1.82) is 0 Å². The van der Waals surface area contributed by atoms with Gasteiger partial charge in [-0.3, -0.25) is 19.7 Å². The number of guanidine groups is 1. The fraction of sp³-hybridized carbons (Fsp3) is 0.522. The number of pyridine rings is 1. The molecule has 2 aliphatic rings. The number of carbonyl (C=O) groups excluding carboxylic acids is 1. The van der Waals surface area contributed by atoms with Gasteiger partial charge in [0.15, 0.2) is 5.96 Å². The van der Waals surface area contributed by atoms with Crippen LogP contribution < -0.4 is 5.32 Å². The second-order valence-corrected chi connectivity index (χ2v) is 8.12. The predicted molar refractivity (Wildman–Crippen MR) is 136 cm³/mol. The second kappa shape index (κ2) is 11.1. The van der Waals surface area contributed by atoms with E-state index < -0.39 is 0 Å². The van der Waals surface area contributed by atoms with Gasteiger partial charge in [0.2, 0.25) is 5.91 Å². The molecule has 0 saturated carbocycles. The number of para-hydroxylation sites is 1. The quantitative estimate of drug-likeness (QED) is 0.370. The normalized spacial score (nSPS) is 18.7. The summed E-state index contributed by atoms with van der Waals surface area (Å²) in [6, 6.07) is 10.2. The van der Waals surface area contributed by atoms with Crippen LogP contribution in [0.5, 0.6) is 0 Å². The van der Waals surface area contributed by atoms with Crippen LogP contribution in [0.1, 0.15) is 25.3 Å². The molecule has 0 bridgehead atoms. The van der Waals surface area contributed by atoms with E-state index in [1.165, 1.54) is 10.9 Å².